The van der Waals surface area contributed by atoms with Gasteiger partial charge in [0.15, 0.2) is 0 Å². The largest absolute Gasteiger partial charge is 0.479 e. The number of aryl methyl sites for hydroxylation is 1. The number of nitrogens with one attached hydrogen (secondary N) is 1. The molecule has 0 radical (unpaired) electrons. The fourth-order valence-corrected chi connectivity index (χ4v) is 3.09. The lowest BCUT2D eigenvalue weighted by Gasteiger charge is -2.33. The van der Waals surface area contributed by atoms with Crippen LogP contribution >= 0.6 is 0 Å². The van der Waals surface area contributed by atoms with Crippen LogP contribution in [-0.4, -0.2) is 49.1 Å². The molecule has 1 N–H and O–H groups in total. The van der Waals surface area contributed by atoms with Crippen LogP contribution in [0.5, 0.6) is 5.88 Å². The van der Waals surface area contributed by atoms with Gasteiger partial charge in [0.2, 0.25) is 5.88 Å². The molecule has 7 nitrogen and oxygen atoms in total. The quantitative estimate of drug-likeness (QED) is 0.901. The summed E-state index contributed by atoms with van der Waals surface area (Å²) in [6.07, 6.45) is 4.15. The maximum absolute atomic E-state index is 12.4. The number of benzene rings is 1. The van der Waals surface area contributed by atoms with E-state index in [4.69, 9.17) is 9.47 Å². The Morgan fingerprint density at radius 3 is 2.72 bits per heavy atom. The molecule has 1 aliphatic heterocycles. The minimum Gasteiger partial charge on any atom is -0.479 e. The number of piperidine rings is 1. The molecule has 0 aliphatic carbocycles. The van der Waals surface area contributed by atoms with Crippen LogP contribution < -0.4 is 15.0 Å². The van der Waals surface area contributed by atoms with Gasteiger partial charge in [-0.1, -0.05) is 0 Å². The number of nitrogens with zero attached hydrogens (tertiary/aromatic N) is 3. The summed E-state index contributed by atoms with van der Waals surface area (Å²) >= 11 is 0. The molecule has 1 aromatic carbocycles. The maximum atomic E-state index is 12.4. The van der Waals surface area contributed by atoms with E-state index in [2.05, 4.69) is 15.3 Å². The van der Waals surface area contributed by atoms with Crippen molar-refractivity contribution in [2.45, 2.75) is 18.9 Å². The monoisotopic (exact) mass is 344 g/mol. The first-order valence-corrected chi connectivity index (χ1v) is 8.37. The highest BCUT2D eigenvalue weighted by Gasteiger charge is 2.20. The fraction of sp³-hybridized carbons (Fsp3) is 0.444. The van der Waals surface area contributed by atoms with E-state index in [9.17, 15) is 4.79 Å². The van der Waals surface area contributed by atoms with Crippen molar-refractivity contribution in [1.82, 2.24) is 9.78 Å². The SMILES string of the molecule is COc1nn(C)cc1C(=O)Nc1ccc(N2CCCC(OC)C2)cc1. The molecule has 0 saturated carbocycles. The van der Waals surface area contributed by atoms with Crippen molar-refractivity contribution in [3.63, 3.8) is 0 Å². The molecule has 7 heteroatoms. The van der Waals surface area contributed by atoms with E-state index in [1.54, 1.807) is 25.0 Å². The van der Waals surface area contributed by atoms with Gasteiger partial charge in [0, 0.05) is 44.8 Å². The van der Waals surface area contributed by atoms with Gasteiger partial charge in [0.1, 0.15) is 5.56 Å². The van der Waals surface area contributed by atoms with Gasteiger partial charge in [-0.3, -0.25) is 9.48 Å². The number of aromatic nitrogens is 2. The number of carbonyl (C=O) groups excluding carboxylic acids is 1. The topological polar surface area (TPSA) is 68.6 Å². The molecular formula is C18H24N4O3. The van der Waals surface area contributed by atoms with Crippen molar-refractivity contribution >= 4 is 17.3 Å². The number of hydrogen-bond acceptors (Lipinski definition) is 5. The van der Waals surface area contributed by atoms with Crippen LogP contribution in [0.1, 0.15) is 23.2 Å². The third kappa shape index (κ3) is 3.93. The van der Waals surface area contributed by atoms with Crippen molar-refractivity contribution in [2.24, 2.45) is 7.05 Å². The van der Waals surface area contributed by atoms with Gasteiger partial charge in [-0.05, 0) is 37.1 Å². The second-order valence-electron chi connectivity index (χ2n) is 6.17. The van der Waals surface area contributed by atoms with Gasteiger partial charge >= 0.3 is 0 Å². The van der Waals surface area contributed by atoms with Gasteiger partial charge in [-0.25, -0.2) is 0 Å². The molecule has 0 bridgehead atoms. The second kappa shape index (κ2) is 7.57. The van der Waals surface area contributed by atoms with Crippen molar-refractivity contribution < 1.29 is 14.3 Å². The minimum atomic E-state index is -0.241. The predicted octanol–water partition coefficient (Wildman–Crippen LogP) is 2.30. The first-order valence-electron chi connectivity index (χ1n) is 8.37. The number of carbonyl (C=O) groups is 1. The molecule has 1 saturated heterocycles. The second-order valence-corrected chi connectivity index (χ2v) is 6.17. The summed E-state index contributed by atoms with van der Waals surface area (Å²) in [6, 6.07) is 7.86. The molecule has 134 valence electrons. The van der Waals surface area contributed by atoms with E-state index in [-0.39, 0.29) is 12.0 Å². The Morgan fingerprint density at radius 1 is 1.28 bits per heavy atom. The van der Waals surface area contributed by atoms with Crippen molar-refractivity contribution in [1.29, 1.82) is 0 Å². The average Bonchev–Trinajstić information content (AvgIpc) is 3.03. The number of anilines is 2. The van der Waals surface area contributed by atoms with E-state index in [0.29, 0.717) is 11.4 Å². The molecule has 1 unspecified atom stereocenters. The highest BCUT2D eigenvalue weighted by atomic mass is 16.5. The smallest absolute Gasteiger partial charge is 0.262 e. The van der Waals surface area contributed by atoms with E-state index in [1.165, 1.54) is 7.11 Å². The first kappa shape index (κ1) is 17.3. The van der Waals surface area contributed by atoms with Crippen LogP contribution in [-0.2, 0) is 11.8 Å². The first-order chi connectivity index (χ1) is 12.1. The van der Waals surface area contributed by atoms with Crippen LogP contribution in [0.25, 0.3) is 0 Å². The zero-order valence-electron chi connectivity index (χ0n) is 14.9. The Kier molecular flexibility index (Phi) is 5.23. The molecule has 1 atom stereocenters. The Morgan fingerprint density at radius 2 is 2.04 bits per heavy atom. The summed E-state index contributed by atoms with van der Waals surface area (Å²) in [7, 11) is 5.01. The van der Waals surface area contributed by atoms with Crippen LogP contribution in [0.4, 0.5) is 11.4 Å². The molecule has 1 aromatic heterocycles. The highest BCUT2D eigenvalue weighted by Crippen LogP contribution is 2.24. The molecule has 1 aliphatic rings. The normalized spacial score (nSPS) is 17.4. The van der Waals surface area contributed by atoms with Crippen molar-refractivity contribution in [2.75, 3.05) is 37.5 Å². The molecule has 3 rings (SSSR count). The van der Waals surface area contributed by atoms with Gasteiger partial charge in [-0.2, -0.15) is 0 Å². The summed E-state index contributed by atoms with van der Waals surface area (Å²) in [5.41, 5.74) is 2.28. The Balaban J connectivity index is 1.67. The van der Waals surface area contributed by atoms with Crippen LogP contribution in [0.2, 0.25) is 0 Å². The molecular weight excluding hydrogens is 320 g/mol. The van der Waals surface area contributed by atoms with Gasteiger partial charge < -0.3 is 19.7 Å². The Hall–Kier alpha value is -2.54. The third-order valence-corrected chi connectivity index (χ3v) is 4.43. The number of amides is 1. The molecule has 2 heterocycles. The standard InChI is InChI=1S/C18H24N4O3/c1-21-12-16(18(20-21)25-3)17(23)19-13-6-8-14(9-7-13)22-10-4-5-15(11-22)24-2/h6-9,12,15H,4-5,10-11H2,1-3H3,(H,19,23). The summed E-state index contributed by atoms with van der Waals surface area (Å²) in [4.78, 5) is 14.7. The summed E-state index contributed by atoms with van der Waals surface area (Å²) in [5, 5.41) is 6.98. The van der Waals surface area contributed by atoms with E-state index in [1.807, 2.05) is 24.3 Å². The van der Waals surface area contributed by atoms with Gasteiger partial charge in [0.25, 0.3) is 5.91 Å². The highest BCUT2D eigenvalue weighted by molar-refractivity contribution is 6.05. The lowest BCUT2D eigenvalue weighted by molar-refractivity contribution is 0.0893. The number of methoxy groups -OCH3 is 2. The van der Waals surface area contributed by atoms with E-state index in [0.717, 1.165) is 37.3 Å². The van der Waals surface area contributed by atoms with Crippen molar-refractivity contribution in [3.8, 4) is 5.88 Å². The lowest BCUT2D eigenvalue weighted by Crippen LogP contribution is -2.39. The van der Waals surface area contributed by atoms with Crippen LogP contribution in [0.15, 0.2) is 30.5 Å². The molecule has 1 amide bonds. The zero-order valence-corrected chi connectivity index (χ0v) is 14.9. The molecule has 2 aromatic rings. The van der Waals surface area contributed by atoms with Crippen molar-refractivity contribution in [3.05, 3.63) is 36.0 Å². The Bertz CT molecular complexity index is 726. The van der Waals surface area contributed by atoms with E-state index >= 15 is 0 Å². The fourth-order valence-electron chi connectivity index (χ4n) is 3.09. The van der Waals surface area contributed by atoms with Gasteiger partial charge in [-0.15, -0.1) is 5.10 Å². The minimum absolute atomic E-state index is 0.241. The van der Waals surface area contributed by atoms with Crippen LogP contribution in [0.3, 0.4) is 0 Å². The van der Waals surface area contributed by atoms with Crippen LogP contribution in [0, 0.1) is 0 Å². The number of hydrogen-bond donors (Lipinski definition) is 1. The summed E-state index contributed by atoms with van der Waals surface area (Å²) in [5.74, 6) is 0.0747. The summed E-state index contributed by atoms with van der Waals surface area (Å²) in [6.45, 7) is 1.92. The average molecular weight is 344 g/mol. The molecule has 0 spiro atoms. The third-order valence-electron chi connectivity index (χ3n) is 4.43. The number of ether oxygens (including phenoxy) is 2. The Labute approximate surface area is 147 Å². The van der Waals surface area contributed by atoms with Gasteiger partial charge in [0.05, 0.1) is 13.2 Å². The molecule has 1 fully saturated rings. The van der Waals surface area contributed by atoms with E-state index < -0.39 is 0 Å². The summed E-state index contributed by atoms with van der Waals surface area (Å²) < 4.78 is 12.2. The predicted molar refractivity (Wildman–Crippen MR) is 96.4 cm³/mol. The zero-order chi connectivity index (χ0) is 17.8. The molecule has 25 heavy (non-hydrogen) atoms. The number of rotatable bonds is 5. The lowest BCUT2D eigenvalue weighted by atomic mass is 10.1. The maximum Gasteiger partial charge on any atom is 0.262 e.